The number of nitrogens with zero attached hydrogens (tertiary/aromatic N) is 1. The zero-order valence-electron chi connectivity index (χ0n) is 9.79. The zero-order chi connectivity index (χ0) is 12.1. The number of nitrogens with one attached hydrogen (secondary N) is 1. The van der Waals surface area contributed by atoms with Gasteiger partial charge in [-0.3, -0.25) is 4.90 Å². The largest absolute Gasteiger partial charge is 0.398 e. The first kappa shape index (κ1) is 13.2. The van der Waals surface area contributed by atoms with Gasteiger partial charge in [0.1, 0.15) is 0 Å². The van der Waals surface area contributed by atoms with Gasteiger partial charge in [0.15, 0.2) is 0 Å². The summed E-state index contributed by atoms with van der Waals surface area (Å²) in [6.07, 6.45) is 0. The molecule has 2 rings (SSSR count). The highest BCUT2D eigenvalue weighted by Gasteiger charge is 2.09. The van der Waals surface area contributed by atoms with Crippen molar-refractivity contribution in [1.82, 2.24) is 10.2 Å². The van der Waals surface area contributed by atoms with Crippen LogP contribution in [0.2, 0.25) is 0 Å². The van der Waals surface area contributed by atoms with Gasteiger partial charge in [-0.05, 0) is 18.2 Å². The molecule has 17 heavy (non-hydrogen) atoms. The molecule has 94 valence electrons. The maximum Gasteiger partial charge on any atom is 0.0463 e. The van der Waals surface area contributed by atoms with Crippen molar-refractivity contribution in [2.45, 2.75) is 4.90 Å². The van der Waals surface area contributed by atoms with Gasteiger partial charge in [-0.15, -0.1) is 11.8 Å². The Morgan fingerprint density at radius 3 is 2.82 bits per heavy atom. The van der Waals surface area contributed by atoms with Crippen LogP contribution in [-0.4, -0.2) is 43.4 Å². The van der Waals surface area contributed by atoms with E-state index >= 15 is 0 Å². The first-order chi connectivity index (χ1) is 8.25. The van der Waals surface area contributed by atoms with Crippen molar-refractivity contribution in [3.63, 3.8) is 0 Å². The van der Waals surface area contributed by atoms with E-state index in [1.807, 2.05) is 23.9 Å². The van der Waals surface area contributed by atoms with Crippen LogP contribution >= 0.6 is 27.7 Å². The summed E-state index contributed by atoms with van der Waals surface area (Å²) >= 11 is 5.26. The molecule has 1 saturated heterocycles. The summed E-state index contributed by atoms with van der Waals surface area (Å²) in [7, 11) is 0. The second-order valence-electron chi connectivity index (χ2n) is 4.12. The van der Waals surface area contributed by atoms with Crippen LogP contribution in [-0.2, 0) is 0 Å². The normalized spacial score (nSPS) is 17.2. The molecule has 5 heteroatoms. The van der Waals surface area contributed by atoms with Gasteiger partial charge >= 0.3 is 0 Å². The van der Waals surface area contributed by atoms with E-state index in [0.29, 0.717) is 0 Å². The van der Waals surface area contributed by atoms with Gasteiger partial charge in [0.05, 0.1) is 0 Å². The van der Waals surface area contributed by atoms with Crippen LogP contribution in [0.25, 0.3) is 0 Å². The smallest absolute Gasteiger partial charge is 0.0463 e. The average Bonchev–Trinajstić information content (AvgIpc) is 2.33. The molecule has 3 N–H and O–H groups in total. The van der Waals surface area contributed by atoms with E-state index in [2.05, 4.69) is 32.2 Å². The molecular weight excluding hydrogens is 298 g/mol. The Labute approximate surface area is 115 Å². The lowest BCUT2D eigenvalue weighted by molar-refractivity contribution is 0.255. The molecule has 0 aromatic heterocycles. The molecular formula is C12H18BrN3S. The molecule has 0 spiro atoms. The van der Waals surface area contributed by atoms with E-state index in [4.69, 9.17) is 5.73 Å². The number of rotatable bonds is 4. The summed E-state index contributed by atoms with van der Waals surface area (Å²) in [5, 5.41) is 3.36. The predicted octanol–water partition coefficient (Wildman–Crippen LogP) is 2.03. The fourth-order valence-electron chi connectivity index (χ4n) is 1.87. The van der Waals surface area contributed by atoms with E-state index in [0.717, 1.165) is 48.6 Å². The molecule has 0 bridgehead atoms. The van der Waals surface area contributed by atoms with E-state index in [1.165, 1.54) is 4.90 Å². The quantitative estimate of drug-likeness (QED) is 0.659. The van der Waals surface area contributed by atoms with Crippen LogP contribution in [0.5, 0.6) is 0 Å². The van der Waals surface area contributed by atoms with Crippen molar-refractivity contribution >= 4 is 33.4 Å². The molecule has 1 aromatic rings. The Kier molecular flexibility index (Phi) is 5.16. The first-order valence-electron chi connectivity index (χ1n) is 5.86. The number of thioether (sulfide) groups is 1. The van der Waals surface area contributed by atoms with Crippen molar-refractivity contribution in [2.75, 3.05) is 44.2 Å². The van der Waals surface area contributed by atoms with Gasteiger partial charge in [0.2, 0.25) is 0 Å². The number of nitrogens with two attached hydrogens (primary N) is 1. The Morgan fingerprint density at radius 1 is 1.35 bits per heavy atom. The number of nitrogen functional groups attached to an aromatic ring is 1. The first-order valence-corrected chi connectivity index (χ1v) is 7.64. The number of halogens is 1. The summed E-state index contributed by atoms with van der Waals surface area (Å²) in [5.41, 5.74) is 6.83. The van der Waals surface area contributed by atoms with Gasteiger partial charge in [-0.25, -0.2) is 0 Å². The maximum atomic E-state index is 5.97. The standard InChI is InChI=1S/C12H18BrN3S/c13-10-1-2-12(11(14)9-10)17-8-7-16-5-3-15-4-6-16/h1-2,9,15H,3-8,14H2. The Morgan fingerprint density at radius 2 is 2.12 bits per heavy atom. The van der Waals surface area contributed by atoms with Crippen LogP contribution in [0.4, 0.5) is 5.69 Å². The van der Waals surface area contributed by atoms with Gasteiger partial charge in [-0.2, -0.15) is 0 Å². The Bertz CT molecular complexity index is 367. The SMILES string of the molecule is Nc1cc(Br)ccc1SCCN1CCNCC1. The van der Waals surface area contributed by atoms with Crippen LogP contribution in [0.15, 0.2) is 27.6 Å². The monoisotopic (exact) mass is 315 g/mol. The zero-order valence-corrected chi connectivity index (χ0v) is 12.2. The minimum atomic E-state index is 0.865. The molecule has 0 radical (unpaired) electrons. The predicted molar refractivity (Wildman–Crippen MR) is 78.6 cm³/mol. The lowest BCUT2D eigenvalue weighted by atomic mass is 10.3. The van der Waals surface area contributed by atoms with E-state index in [9.17, 15) is 0 Å². The second kappa shape index (κ2) is 6.64. The molecule has 0 unspecified atom stereocenters. The fourth-order valence-corrected chi connectivity index (χ4v) is 3.21. The lowest BCUT2D eigenvalue weighted by Gasteiger charge is -2.26. The third-order valence-electron chi connectivity index (χ3n) is 2.85. The van der Waals surface area contributed by atoms with Crippen LogP contribution in [0.1, 0.15) is 0 Å². The highest BCUT2D eigenvalue weighted by molar-refractivity contribution is 9.10. The van der Waals surface area contributed by atoms with Crippen molar-refractivity contribution in [3.05, 3.63) is 22.7 Å². The van der Waals surface area contributed by atoms with Crippen molar-refractivity contribution < 1.29 is 0 Å². The van der Waals surface area contributed by atoms with Gasteiger partial charge in [-0.1, -0.05) is 15.9 Å². The molecule has 1 fully saturated rings. The molecule has 1 aliphatic rings. The minimum absolute atomic E-state index is 0.865. The molecule has 0 aliphatic carbocycles. The number of hydrogen-bond donors (Lipinski definition) is 2. The van der Waals surface area contributed by atoms with E-state index < -0.39 is 0 Å². The topological polar surface area (TPSA) is 41.3 Å². The summed E-state index contributed by atoms with van der Waals surface area (Å²) in [6.45, 7) is 5.70. The average molecular weight is 316 g/mol. The Balaban J connectivity index is 1.77. The number of anilines is 1. The number of piperazine rings is 1. The second-order valence-corrected chi connectivity index (χ2v) is 6.17. The summed E-state index contributed by atoms with van der Waals surface area (Å²) < 4.78 is 1.04. The summed E-state index contributed by atoms with van der Waals surface area (Å²) in [5.74, 6) is 1.10. The van der Waals surface area contributed by atoms with Crippen LogP contribution in [0.3, 0.4) is 0 Å². The third-order valence-corrected chi connectivity index (χ3v) is 4.41. The number of hydrogen-bond acceptors (Lipinski definition) is 4. The Hall–Kier alpha value is -0.230. The van der Waals surface area contributed by atoms with E-state index in [-0.39, 0.29) is 0 Å². The molecule has 0 amide bonds. The van der Waals surface area contributed by atoms with Crippen molar-refractivity contribution in [3.8, 4) is 0 Å². The molecule has 0 atom stereocenters. The summed E-state index contributed by atoms with van der Waals surface area (Å²) in [4.78, 5) is 3.68. The van der Waals surface area contributed by atoms with E-state index in [1.54, 1.807) is 0 Å². The molecule has 1 aromatic carbocycles. The van der Waals surface area contributed by atoms with Crippen LogP contribution < -0.4 is 11.1 Å². The number of benzene rings is 1. The van der Waals surface area contributed by atoms with Crippen LogP contribution in [0, 0.1) is 0 Å². The molecule has 0 saturated carbocycles. The molecule has 3 nitrogen and oxygen atoms in total. The van der Waals surface area contributed by atoms with Gasteiger partial charge in [0.25, 0.3) is 0 Å². The fraction of sp³-hybridized carbons (Fsp3) is 0.500. The van der Waals surface area contributed by atoms with Crippen molar-refractivity contribution in [1.29, 1.82) is 0 Å². The molecule has 1 aliphatic heterocycles. The summed E-state index contributed by atoms with van der Waals surface area (Å²) in [6, 6.07) is 6.10. The highest BCUT2D eigenvalue weighted by atomic mass is 79.9. The highest BCUT2D eigenvalue weighted by Crippen LogP contribution is 2.27. The van der Waals surface area contributed by atoms with Gasteiger partial charge in [0, 0.05) is 53.5 Å². The van der Waals surface area contributed by atoms with Crippen molar-refractivity contribution in [2.24, 2.45) is 0 Å². The molecule has 1 heterocycles. The minimum Gasteiger partial charge on any atom is -0.398 e. The van der Waals surface area contributed by atoms with Gasteiger partial charge < -0.3 is 11.1 Å². The maximum absolute atomic E-state index is 5.97. The lowest BCUT2D eigenvalue weighted by Crippen LogP contribution is -2.44. The third kappa shape index (κ3) is 4.17.